The largest absolute Gasteiger partial charge is 0.478 e. The molecule has 3 rings (SSSR count). The first kappa shape index (κ1) is 13.2. The first-order valence-electron chi connectivity index (χ1n) is 7.24. The highest BCUT2D eigenvalue weighted by atomic mass is 16.4. The molecule has 4 heteroatoms. The molecule has 20 heavy (non-hydrogen) atoms. The number of rotatable bonds is 5. The van der Waals surface area contributed by atoms with Crippen LogP contribution < -0.4 is 0 Å². The summed E-state index contributed by atoms with van der Waals surface area (Å²) in [6, 6.07) is 6.94. The zero-order valence-corrected chi connectivity index (χ0v) is 11.6. The molecule has 2 aliphatic rings. The van der Waals surface area contributed by atoms with Gasteiger partial charge in [-0.25, -0.2) is 4.79 Å². The topological polar surface area (TPSA) is 57.6 Å². The van der Waals surface area contributed by atoms with Crippen LogP contribution in [0.25, 0.3) is 0 Å². The van der Waals surface area contributed by atoms with E-state index >= 15 is 0 Å². The monoisotopic (exact) mass is 273 g/mol. The molecule has 1 atom stereocenters. The minimum absolute atomic E-state index is 0.0452. The minimum atomic E-state index is -0.964. The van der Waals surface area contributed by atoms with Crippen LogP contribution in [0.5, 0.6) is 0 Å². The molecule has 4 nitrogen and oxygen atoms in total. The molecule has 1 aromatic rings. The quantitative estimate of drug-likeness (QED) is 0.897. The molecule has 2 saturated carbocycles. The van der Waals surface area contributed by atoms with Gasteiger partial charge in [-0.2, -0.15) is 0 Å². The summed E-state index contributed by atoms with van der Waals surface area (Å²) in [5.74, 6) is -0.268. The van der Waals surface area contributed by atoms with Crippen molar-refractivity contribution < 1.29 is 14.7 Å². The van der Waals surface area contributed by atoms with Gasteiger partial charge in [0.1, 0.15) is 0 Å². The average Bonchev–Trinajstić information content (AvgIpc) is 3.29. The molecular formula is C16H19NO3. The molecule has 0 aromatic heterocycles. The normalized spacial score (nSPS) is 19.4. The number of amides is 1. The number of aromatic carboxylic acids is 1. The van der Waals surface area contributed by atoms with E-state index in [2.05, 4.69) is 6.92 Å². The lowest BCUT2D eigenvalue weighted by Crippen LogP contribution is -2.41. The molecule has 0 spiro atoms. The number of nitrogens with zero attached hydrogens (tertiary/aromatic N) is 1. The maximum absolute atomic E-state index is 12.7. The molecule has 0 aliphatic heterocycles. The van der Waals surface area contributed by atoms with E-state index in [9.17, 15) is 9.59 Å². The van der Waals surface area contributed by atoms with E-state index in [0.29, 0.717) is 23.6 Å². The predicted octanol–water partition coefficient (Wildman–Crippen LogP) is 2.79. The van der Waals surface area contributed by atoms with E-state index < -0.39 is 5.97 Å². The lowest BCUT2D eigenvalue weighted by molar-refractivity contribution is 0.0650. The van der Waals surface area contributed by atoms with Crippen molar-refractivity contribution in [3.05, 3.63) is 35.4 Å². The first-order valence-corrected chi connectivity index (χ1v) is 7.24. The summed E-state index contributed by atoms with van der Waals surface area (Å²) in [5, 5.41) is 8.90. The Morgan fingerprint density at radius 3 is 2.10 bits per heavy atom. The van der Waals surface area contributed by atoms with Crippen molar-refractivity contribution in [2.75, 3.05) is 0 Å². The van der Waals surface area contributed by atoms with Gasteiger partial charge in [-0.3, -0.25) is 4.79 Å². The van der Waals surface area contributed by atoms with Crippen molar-refractivity contribution in [2.45, 2.75) is 44.7 Å². The van der Waals surface area contributed by atoms with Gasteiger partial charge in [-0.1, -0.05) is 0 Å². The Balaban J connectivity index is 1.79. The van der Waals surface area contributed by atoms with Crippen molar-refractivity contribution in [3.8, 4) is 0 Å². The van der Waals surface area contributed by atoms with Gasteiger partial charge in [0, 0.05) is 17.6 Å². The molecule has 0 saturated heterocycles. The maximum Gasteiger partial charge on any atom is 0.335 e. The fourth-order valence-electron chi connectivity index (χ4n) is 2.75. The molecular weight excluding hydrogens is 254 g/mol. The summed E-state index contributed by atoms with van der Waals surface area (Å²) in [5.41, 5.74) is 0.809. The van der Waals surface area contributed by atoms with Crippen LogP contribution in [-0.2, 0) is 0 Å². The molecule has 106 valence electrons. The second-order valence-corrected chi connectivity index (χ2v) is 5.90. The molecule has 1 N–H and O–H groups in total. The Hall–Kier alpha value is -1.84. The molecule has 0 bridgehead atoms. The summed E-state index contributed by atoms with van der Waals surface area (Å²) < 4.78 is 0. The third kappa shape index (κ3) is 2.55. The molecule has 0 radical (unpaired) electrons. The maximum atomic E-state index is 12.7. The SMILES string of the molecule is CC(C1CC1)N(C(=O)c1ccc(C(=O)O)cc1)C1CC1. The van der Waals surface area contributed by atoms with E-state index in [1.165, 1.54) is 25.0 Å². The lowest BCUT2D eigenvalue weighted by atomic mass is 10.1. The summed E-state index contributed by atoms with van der Waals surface area (Å²) in [7, 11) is 0. The number of hydrogen-bond donors (Lipinski definition) is 1. The van der Waals surface area contributed by atoms with Gasteiger partial charge in [0.2, 0.25) is 0 Å². The fraction of sp³-hybridized carbons (Fsp3) is 0.500. The van der Waals surface area contributed by atoms with Gasteiger partial charge in [0.05, 0.1) is 5.56 Å². The molecule has 1 aromatic carbocycles. The van der Waals surface area contributed by atoms with Gasteiger partial charge in [-0.05, 0) is 62.8 Å². The van der Waals surface area contributed by atoms with Gasteiger partial charge in [0.15, 0.2) is 0 Å². The standard InChI is InChI=1S/C16H19NO3/c1-10(11-2-3-11)17(14-8-9-14)15(18)12-4-6-13(7-5-12)16(19)20/h4-7,10-11,14H,2-3,8-9H2,1H3,(H,19,20). The summed E-state index contributed by atoms with van der Waals surface area (Å²) in [6.45, 7) is 2.14. The van der Waals surface area contributed by atoms with Crippen molar-refractivity contribution >= 4 is 11.9 Å². The zero-order chi connectivity index (χ0) is 14.3. The van der Waals surface area contributed by atoms with Crippen LogP contribution >= 0.6 is 0 Å². The van der Waals surface area contributed by atoms with E-state index in [0.717, 1.165) is 12.8 Å². The number of carbonyl (C=O) groups is 2. The van der Waals surface area contributed by atoms with Crippen molar-refractivity contribution in [3.63, 3.8) is 0 Å². The molecule has 0 heterocycles. The zero-order valence-electron chi connectivity index (χ0n) is 11.6. The van der Waals surface area contributed by atoms with Crippen molar-refractivity contribution in [1.29, 1.82) is 0 Å². The van der Waals surface area contributed by atoms with Crippen LogP contribution in [0.4, 0.5) is 0 Å². The third-order valence-corrected chi connectivity index (χ3v) is 4.30. The number of carboxylic acid groups (broad SMARTS) is 1. The van der Waals surface area contributed by atoms with Crippen LogP contribution in [0, 0.1) is 5.92 Å². The lowest BCUT2D eigenvalue weighted by Gasteiger charge is -2.29. The smallest absolute Gasteiger partial charge is 0.335 e. The second-order valence-electron chi connectivity index (χ2n) is 5.90. The Labute approximate surface area is 118 Å². The van der Waals surface area contributed by atoms with E-state index in [4.69, 9.17) is 5.11 Å². The Morgan fingerprint density at radius 1 is 1.10 bits per heavy atom. The van der Waals surface area contributed by atoms with E-state index in [-0.39, 0.29) is 11.5 Å². The number of carboxylic acids is 1. The summed E-state index contributed by atoms with van der Waals surface area (Å²) >= 11 is 0. The van der Waals surface area contributed by atoms with Crippen LogP contribution in [0.15, 0.2) is 24.3 Å². The number of benzene rings is 1. The summed E-state index contributed by atoms with van der Waals surface area (Å²) in [6.07, 6.45) is 4.62. The van der Waals surface area contributed by atoms with Crippen LogP contribution in [-0.4, -0.2) is 34.0 Å². The van der Waals surface area contributed by atoms with Crippen LogP contribution in [0.2, 0.25) is 0 Å². The third-order valence-electron chi connectivity index (χ3n) is 4.30. The predicted molar refractivity (Wildman–Crippen MR) is 74.8 cm³/mol. The van der Waals surface area contributed by atoms with E-state index in [1.807, 2.05) is 4.90 Å². The van der Waals surface area contributed by atoms with Crippen molar-refractivity contribution in [1.82, 2.24) is 4.90 Å². The first-order chi connectivity index (χ1) is 9.58. The molecule has 1 amide bonds. The average molecular weight is 273 g/mol. The highest BCUT2D eigenvalue weighted by Gasteiger charge is 2.41. The van der Waals surface area contributed by atoms with E-state index in [1.54, 1.807) is 12.1 Å². The van der Waals surface area contributed by atoms with Gasteiger partial charge >= 0.3 is 5.97 Å². The molecule has 1 unspecified atom stereocenters. The van der Waals surface area contributed by atoms with Gasteiger partial charge in [0.25, 0.3) is 5.91 Å². The highest BCUT2D eigenvalue weighted by molar-refractivity contribution is 5.96. The van der Waals surface area contributed by atoms with Gasteiger partial charge < -0.3 is 10.0 Å². The fourth-order valence-corrected chi connectivity index (χ4v) is 2.75. The van der Waals surface area contributed by atoms with Gasteiger partial charge in [-0.15, -0.1) is 0 Å². The van der Waals surface area contributed by atoms with Crippen molar-refractivity contribution in [2.24, 2.45) is 5.92 Å². The summed E-state index contributed by atoms with van der Waals surface area (Å²) in [4.78, 5) is 25.5. The van der Waals surface area contributed by atoms with Crippen LogP contribution in [0.3, 0.4) is 0 Å². The Bertz CT molecular complexity index is 529. The number of hydrogen-bond acceptors (Lipinski definition) is 2. The number of carbonyl (C=O) groups excluding carboxylic acids is 1. The molecule has 2 aliphatic carbocycles. The molecule has 2 fully saturated rings. The van der Waals surface area contributed by atoms with Crippen LogP contribution in [0.1, 0.15) is 53.3 Å². The Morgan fingerprint density at radius 2 is 1.65 bits per heavy atom. The second kappa shape index (κ2) is 4.93. The minimum Gasteiger partial charge on any atom is -0.478 e. The Kier molecular flexibility index (Phi) is 3.24. The highest BCUT2D eigenvalue weighted by Crippen LogP contribution is 2.40.